The van der Waals surface area contributed by atoms with Crippen LogP contribution in [-0.2, 0) is 9.59 Å². The molecule has 5 nitrogen and oxygen atoms in total. The zero-order valence-electron chi connectivity index (χ0n) is 18.1. The highest BCUT2D eigenvalue weighted by Gasteiger charge is 2.23. The van der Waals surface area contributed by atoms with Crippen LogP contribution >= 0.6 is 0 Å². The lowest BCUT2D eigenvalue weighted by atomic mass is 10.0. The minimum absolute atomic E-state index is 0.130. The lowest BCUT2D eigenvalue weighted by Gasteiger charge is -2.27. The van der Waals surface area contributed by atoms with E-state index in [1.165, 1.54) is 0 Å². The number of nitrogens with one attached hydrogen (secondary N) is 2. The normalized spacial score (nSPS) is 12.0. The first-order valence-corrected chi connectivity index (χ1v) is 10.3. The van der Waals surface area contributed by atoms with Crippen molar-refractivity contribution in [2.24, 2.45) is 5.92 Å². The highest BCUT2D eigenvalue weighted by atomic mass is 16.2. The van der Waals surface area contributed by atoms with Crippen molar-refractivity contribution < 1.29 is 9.59 Å². The van der Waals surface area contributed by atoms with Gasteiger partial charge in [0.15, 0.2) is 0 Å². The van der Waals surface area contributed by atoms with Gasteiger partial charge >= 0.3 is 0 Å². The Balaban J connectivity index is 2.15. The SMILES string of the molecule is CCN(c1ccc(NC(=O)C(NC(=O)CC(C)C)c2ccccc2)cc1)C(C)C. The predicted molar refractivity (Wildman–Crippen MR) is 120 cm³/mol. The number of carbonyl (C=O) groups excluding carboxylic acids is 2. The molecule has 0 aliphatic heterocycles. The van der Waals surface area contributed by atoms with Crippen LogP contribution in [0.15, 0.2) is 54.6 Å². The van der Waals surface area contributed by atoms with Crippen molar-refractivity contribution in [1.82, 2.24) is 5.32 Å². The number of hydrogen-bond acceptors (Lipinski definition) is 3. The highest BCUT2D eigenvalue weighted by molar-refractivity contribution is 5.98. The molecule has 0 bridgehead atoms. The molecule has 1 atom stereocenters. The van der Waals surface area contributed by atoms with Gasteiger partial charge < -0.3 is 15.5 Å². The fraction of sp³-hybridized carbons (Fsp3) is 0.417. The molecule has 0 fully saturated rings. The fourth-order valence-electron chi connectivity index (χ4n) is 3.33. The van der Waals surface area contributed by atoms with Crippen LogP contribution in [0.25, 0.3) is 0 Å². The van der Waals surface area contributed by atoms with E-state index in [-0.39, 0.29) is 17.7 Å². The van der Waals surface area contributed by atoms with E-state index in [1.807, 2.05) is 68.4 Å². The minimum Gasteiger partial charge on any atom is -0.369 e. The first kappa shape index (κ1) is 22.5. The third kappa shape index (κ3) is 6.63. The molecule has 0 heterocycles. The maximum Gasteiger partial charge on any atom is 0.251 e. The molecule has 0 spiro atoms. The van der Waals surface area contributed by atoms with Gasteiger partial charge in [-0.1, -0.05) is 44.2 Å². The molecule has 0 aliphatic carbocycles. The average Bonchev–Trinajstić information content (AvgIpc) is 2.67. The molecule has 29 heavy (non-hydrogen) atoms. The van der Waals surface area contributed by atoms with Crippen molar-refractivity contribution in [3.05, 3.63) is 60.2 Å². The lowest BCUT2D eigenvalue weighted by Crippen LogP contribution is -2.37. The second-order valence-corrected chi connectivity index (χ2v) is 7.93. The maximum absolute atomic E-state index is 13.0. The predicted octanol–water partition coefficient (Wildman–Crippen LogP) is 4.76. The second kappa shape index (κ2) is 10.6. The summed E-state index contributed by atoms with van der Waals surface area (Å²) in [6.45, 7) is 11.3. The minimum atomic E-state index is -0.732. The van der Waals surface area contributed by atoms with Gasteiger partial charge in [0.25, 0.3) is 5.91 Å². The Bertz CT molecular complexity index is 786. The van der Waals surface area contributed by atoms with Crippen molar-refractivity contribution in [2.45, 2.75) is 53.1 Å². The van der Waals surface area contributed by atoms with Crippen molar-refractivity contribution in [3.8, 4) is 0 Å². The molecular weight excluding hydrogens is 362 g/mol. The molecule has 2 amide bonds. The summed E-state index contributed by atoms with van der Waals surface area (Å²) in [6, 6.07) is 16.8. The van der Waals surface area contributed by atoms with Gasteiger partial charge in [-0.25, -0.2) is 0 Å². The molecule has 2 aromatic rings. The summed E-state index contributed by atoms with van der Waals surface area (Å²) in [7, 11) is 0. The first-order chi connectivity index (χ1) is 13.8. The van der Waals surface area contributed by atoms with Crippen LogP contribution in [0.3, 0.4) is 0 Å². The van der Waals surface area contributed by atoms with E-state index in [4.69, 9.17) is 0 Å². The number of rotatable bonds is 9. The van der Waals surface area contributed by atoms with Gasteiger partial charge in [-0.15, -0.1) is 0 Å². The number of anilines is 2. The number of amides is 2. The Morgan fingerprint density at radius 3 is 2.07 bits per heavy atom. The van der Waals surface area contributed by atoms with Crippen LogP contribution in [0.5, 0.6) is 0 Å². The van der Waals surface area contributed by atoms with Crippen molar-refractivity contribution in [3.63, 3.8) is 0 Å². The Kier molecular flexibility index (Phi) is 8.25. The Morgan fingerprint density at radius 1 is 0.931 bits per heavy atom. The second-order valence-electron chi connectivity index (χ2n) is 7.93. The van der Waals surface area contributed by atoms with Crippen molar-refractivity contribution >= 4 is 23.2 Å². The van der Waals surface area contributed by atoms with Crippen LogP contribution in [0, 0.1) is 5.92 Å². The Hall–Kier alpha value is -2.82. The van der Waals surface area contributed by atoms with Gasteiger partial charge in [0, 0.05) is 30.4 Å². The van der Waals surface area contributed by atoms with Crippen molar-refractivity contribution in [1.29, 1.82) is 0 Å². The zero-order valence-corrected chi connectivity index (χ0v) is 18.1. The molecule has 1 unspecified atom stereocenters. The quantitative estimate of drug-likeness (QED) is 0.643. The summed E-state index contributed by atoms with van der Waals surface area (Å²) in [6.07, 6.45) is 0.382. The molecule has 2 N–H and O–H groups in total. The summed E-state index contributed by atoms with van der Waals surface area (Å²) in [5, 5.41) is 5.82. The molecule has 0 saturated heterocycles. The number of hydrogen-bond donors (Lipinski definition) is 2. The molecule has 156 valence electrons. The molecule has 2 aromatic carbocycles. The Labute approximate surface area is 174 Å². The Morgan fingerprint density at radius 2 is 1.55 bits per heavy atom. The zero-order chi connectivity index (χ0) is 21.4. The third-order valence-electron chi connectivity index (χ3n) is 4.72. The van der Waals surface area contributed by atoms with E-state index in [0.717, 1.165) is 17.8 Å². The van der Waals surface area contributed by atoms with Crippen LogP contribution in [0.4, 0.5) is 11.4 Å². The van der Waals surface area contributed by atoms with Crippen LogP contribution < -0.4 is 15.5 Å². The van der Waals surface area contributed by atoms with E-state index in [1.54, 1.807) is 0 Å². The summed E-state index contributed by atoms with van der Waals surface area (Å²) < 4.78 is 0. The average molecular weight is 396 g/mol. The fourth-order valence-corrected chi connectivity index (χ4v) is 3.33. The summed E-state index contributed by atoms with van der Waals surface area (Å²) in [5.74, 6) is -0.156. The van der Waals surface area contributed by atoms with Crippen LogP contribution in [0.2, 0.25) is 0 Å². The largest absolute Gasteiger partial charge is 0.369 e. The van der Waals surface area contributed by atoms with Crippen LogP contribution in [-0.4, -0.2) is 24.4 Å². The standard InChI is InChI=1S/C24H33N3O2/c1-6-27(18(4)5)21-14-12-20(13-15-21)25-24(29)23(19-10-8-7-9-11-19)26-22(28)16-17(2)3/h7-15,17-18,23H,6,16H2,1-5H3,(H,25,29)(H,26,28). The summed E-state index contributed by atoms with van der Waals surface area (Å²) >= 11 is 0. The lowest BCUT2D eigenvalue weighted by molar-refractivity contribution is -0.127. The molecule has 0 radical (unpaired) electrons. The van der Waals surface area contributed by atoms with Crippen LogP contribution in [0.1, 0.15) is 52.6 Å². The summed E-state index contributed by atoms with van der Waals surface area (Å²) in [5.41, 5.74) is 2.58. The number of benzene rings is 2. The number of nitrogens with zero attached hydrogens (tertiary/aromatic N) is 1. The number of carbonyl (C=O) groups is 2. The van der Waals surface area contributed by atoms with Gasteiger partial charge in [0.05, 0.1) is 0 Å². The van der Waals surface area contributed by atoms with E-state index in [9.17, 15) is 9.59 Å². The molecule has 5 heteroatoms. The molecule has 0 aliphatic rings. The third-order valence-corrected chi connectivity index (χ3v) is 4.72. The molecular formula is C24H33N3O2. The molecule has 2 rings (SSSR count). The van der Waals surface area contributed by atoms with E-state index in [2.05, 4.69) is 36.3 Å². The first-order valence-electron chi connectivity index (χ1n) is 10.3. The monoisotopic (exact) mass is 395 g/mol. The highest BCUT2D eigenvalue weighted by Crippen LogP contribution is 2.22. The van der Waals surface area contributed by atoms with E-state index in [0.29, 0.717) is 18.2 Å². The van der Waals surface area contributed by atoms with Gasteiger partial charge in [-0.3, -0.25) is 9.59 Å². The van der Waals surface area contributed by atoms with Gasteiger partial charge in [0.2, 0.25) is 5.91 Å². The summed E-state index contributed by atoms with van der Waals surface area (Å²) in [4.78, 5) is 27.6. The van der Waals surface area contributed by atoms with Gasteiger partial charge in [0.1, 0.15) is 6.04 Å². The molecule has 0 aromatic heterocycles. The van der Waals surface area contributed by atoms with E-state index < -0.39 is 6.04 Å². The topological polar surface area (TPSA) is 61.4 Å². The molecule has 0 saturated carbocycles. The van der Waals surface area contributed by atoms with Gasteiger partial charge in [-0.05, 0) is 56.5 Å². The maximum atomic E-state index is 13.0. The van der Waals surface area contributed by atoms with Gasteiger partial charge in [-0.2, -0.15) is 0 Å². The van der Waals surface area contributed by atoms with Crippen molar-refractivity contribution in [2.75, 3.05) is 16.8 Å². The van der Waals surface area contributed by atoms with E-state index >= 15 is 0 Å². The smallest absolute Gasteiger partial charge is 0.251 e.